The highest BCUT2D eigenvalue weighted by Crippen LogP contribution is 2.47. The molecule has 0 aromatic rings. The molecule has 0 aliphatic heterocycles. The van der Waals surface area contributed by atoms with Crippen molar-refractivity contribution in [2.75, 3.05) is 13.2 Å². The Bertz CT molecular complexity index is 1580. The molecule has 0 aromatic heterocycles. The van der Waals surface area contributed by atoms with Gasteiger partial charge in [-0.25, -0.2) is 4.57 Å². The highest BCUT2D eigenvalue weighted by atomic mass is 31.2. The minimum atomic E-state index is -5.19. The van der Waals surface area contributed by atoms with Gasteiger partial charge in [0, 0.05) is 12.8 Å². The van der Waals surface area contributed by atoms with Crippen molar-refractivity contribution in [3.63, 3.8) is 0 Å². The van der Waals surface area contributed by atoms with Gasteiger partial charge in [-0.3, -0.25) is 18.6 Å². The number of hydrogen-bond acceptors (Lipinski definition) is 13. The number of phosphoric ester groups is 1. The van der Waals surface area contributed by atoms with Gasteiger partial charge in [-0.2, -0.15) is 0 Å². The molecular weight excluding hydrogens is 868 g/mol. The first-order valence-corrected chi connectivity index (χ1v) is 25.3. The zero-order chi connectivity index (χ0) is 48.7. The van der Waals surface area contributed by atoms with E-state index in [9.17, 15) is 49.7 Å². The molecule has 1 rings (SSSR count). The van der Waals surface area contributed by atoms with Crippen LogP contribution in [-0.2, 0) is 32.7 Å². The summed E-state index contributed by atoms with van der Waals surface area (Å²) in [6, 6.07) is 0. The molecule has 374 valence electrons. The number of allylic oxidation sites excluding steroid dienone is 17. The Morgan fingerprint density at radius 1 is 0.561 bits per heavy atom. The second-order valence-electron chi connectivity index (χ2n) is 16.1. The van der Waals surface area contributed by atoms with Gasteiger partial charge in [0.05, 0.1) is 12.7 Å². The van der Waals surface area contributed by atoms with Gasteiger partial charge < -0.3 is 45.0 Å². The molecule has 15 heteroatoms. The molecule has 1 fully saturated rings. The molecule has 0 amide bonds. The molecule has 9 atom stereocenters. The lowest BCUT2D eigenvalue weighted by atomic mass is 9.85. The fourth-order valence-corrected chi connectivity index (χ4v) is 7.33. The van der Waals surface area contributed by atoms with Gasteiger partial charge in [-0.15, -0.1) is 0 Å². The second-order valence-corrected chi connectivity index (χ2v) is 17.5. The van der Waals surface area contributed by atoms with E-state index in [1.165, 1.54) is 19.3 Å². The highest BCUT2D eigenvalue weighted by molar-refractivity contribution is 7.47. The average molecular weight is 949 g/mol. The maximum atomic E-state index is 12.8. The Balaban J connectivity index is 2.57. The number of phosphoric acid groups is 1. The van der Waals surface area contributed by atoms with Gasteiger partial charge in [0.15, 0.2) is 6.10 Å². The van der Waals surface area contributed by atoms with Crippen LogP contribution < -0.4 is 0 Å². The minimum Gasteiger partial charge on any atom is -0.462 e. The van der Waals surface area contributed by atoms with Crippen molar-refractivity contribution in [1.29, 1.82) is 0 Å². The number of esters is 2. The van der Waals surface area contributed by atoms with Crippen LogP contribution in [0.15, 0.2) is 109 Å². The van der Waals surface area contributed by atoms with E-state index in [0.29, 0.717) is 6.42 Å². The molecule has 14 nitrogen and oxygen atoms in total. The van der Waals surface area contributed by atoms with E-state index in [1.54, 1.807) is 12.2 Å². The summed E-state index contributed by atoms with van der Waals surface area (Å²) in [5, 5.41) is 60.5. The van der Waals surface area contributed by atoms with Crippen molar-refractivity contribution < 1.29 is 68.2 Å². The maximum absolute atomic E-state index is 12.8. The zero-order valence-electron chi connectivity index (χ0n) is 39.3. The van der Waals surface area contributed by atoms with Gasteiger partial charge in [0.25, 0.3) is 0 Å². The summed E-state index contributed by atoms with van der Waals surface area (Å²) in [6.07, 6.45) is 37.2. The smallest absolute Gasteiger partial charge is 0.462 e. The van der Waals surface area contributed by atoms with Crippen molar-refractivity contribution in [1.82, 2.24) is 0 Å². The van der Waals surface area contributed by atoms with E-state index in [0.717, 1.165) is 70.6 Å². The molecular formula is C51H81O14P. The topological polar surface area (TPSA) is 230 Å². The Hall–Kier alpha value is -3.53. The normalized spacial score (nSPS) is 22.7. The summed E-state index contributed by atoms with van der Waals surface area (Å²) < 4.78 is 33.4. The van der Waals surface area contributed by atoms with Crippen LogP contribution in [0.2, 0.25) is 0 Å². The lowest BCUT2D eigenvalue weighted by Crippen LogP contribution is -2.64. The predicted molar refractivity (Wildman–Crippen MR) is 259 cm³/mol. The SMILES string of the molecule is CC/C=C\C/C=C\C/C=C\C/C=C\C=C\C(O)CCCC(=O)O[C@H](COC(=O)CCCCC/C=C\C/C=C\C/C=C\C/C=C\CCCCC)COP(=O)(O)OC1[C@H](O)[C@H](O)C(O)[C@H](O)[C@H]1O. The van der Waals surface area contributed by atoms with Gasteiger partial charge in [0.1, 0.15) is 43.2 Å². The van der Waals surface area contributed by atoms with E-state index in [4.69, 9.17) is 18.5 Å². The summed E-state index contributed by atoms with van der Waals surface area (Å²) in [5.41, 5.74) is 0. The van der Waals surface area contributed by atoms with Crippen LogP contribution >= 0.6 is 7.82 Å². The Labute approximate surface area is 394 Å². The highest BCUT2D eigenvalue weighted by Gasteiger charge is 2.51. The summed E-state index contributed by atoms with van der Waals surface area (Å²) >= 11 is 0. The molecule has 0 aromatic carbocycles. The number of unbranched alkanes of at least 4 members (excludes halogenated alkanes) is 6. The van der Waals surface area contributed by atoms with Gasteiger partial charge in [-0.05, 0) is 89.9 Å². The maximum Gasteiger partial charge on any atom is 0.472 e. The first-order valence-electron chi connectivity index (χ1n) is 23.8. The van der Waals surface area contributed by atoms with Crippen molar-refractivity contribution in [3.8, 4) is 0 Å². The van der Waals surface area contributed by atoms with Crippen LogP contribution in [0.5, 0.6) is 0 Å². The minimum absolute atomic E-state index is 0.0814. The number of rotatable bonds is 37. The van der Waals surface area contributed by atoms with Crippen molar-refractivity contribution in [2.45, 2.75) is 185 Å². The molecule has 0 saturated heterocycles. The Kier molecular flexibility index (Phi) is 36.2. The van der Waals surface area contributed by atoms with Gasteiger partial charge in [0.2, 0.25) is 0 Å². The molecule has 0 heterocycles. The van der Waals surface area contributed by atoms with E-state index in [2.05, 4.69) is 98.9 Å². The standard InChI is InChI=1S/C51H81O14P/c1-3-5-7-9-11-13-15-17-18-19-20-21-22-24-26-28-30-32-34-38-44(53)62-40-43(41-63-66(60,61)65-51-49(58)47(56)46(55)48(57)50(51)59)64-45(54)39-35-37-42(52)36-33-31-29-27-25-23-16-14-12-10-8-6-4-2/h6,8,11-14,17-18,20-21,23-26,29,31,33,36,42-43,46-52,55-59H,3-5,7,9-10,15-16,19,22,27-28,30,32,34-35,37-41H2,1-2H3,(H,60,61)/b8-6-,13-11-,14-12-,18-17-,21-20-,25-23-,26-24-,31-29-,36-33+/t42?,43-,46?,47-,48+,49-,50-,51?/m1/s1. The summed E-state index contributed by atoms with van der Waals surface area (Å²) in [5.74, 6) is -1.35. The lowest BCUT2D eigenvalue weighted by Gasteiger charge is -2.41. The number of ether oxygens (including phenoxy) is 2. The monoisotopic (exact) mass is 949 g/mol. The molecule has 1 aliphatic carbocycles. The van der Waals surface area contributed by atoms with Crippen LogP contribution in [0.4, 0.5) is 0 Å². The van der Waals surface area contributed by atoms with E-state index in [-0.39, 0.29) is 25.7 Å². The molecule has 1 aliphatic rings. The van der Waals surface area contributed by atoms with Crippen LogP contribution in [0.25, 0.3) is 0 Å². The molecule has 4 unspecified atom stereocenters. The van der Waals surface area contributed by atoms with Crippen LogP contribution in [0.3, 0.4) is 0 Å². The number of aliphatic hydroxyl groups excluding tert-OH is 6. The first-order chi connectivity index (χ1) is 31.8. The average Bonchev–Trinajstić information content (AvgIpc) is 3.29. The fourth-order valence-electron chi connectivity index (χ4n) is 6.36. The van der Waals surface area contributed by atoms with E-state index < -0.39 is 81.8 Å². The molecule has 0 radical (unpaired) electrons. The number of carbonyl (C=O) groups is 2. The molecule has 66 heavy (non-hydrogen) atoms. The Morgan fingerprint density at radius 3 is 1.59 bits per heavy atom. The second kappa shape index (κ2) is 39.5. The molecule has 7 N–H and O–H groups in total. The third-order valence-electron chi connectivity index (χ3n) is 10.2. The number of hydrogen-bond donors (Lipinski definition) is 7. The third kappa shape index (κ3) is 31.4. The number of carbonyl (C=O) groups excluding carboxylic acids is 2. The quantitative estimate of drug-likeness (QED) is 0.0102. The van der Waals surface area contributed by atoms with Gasteiger partial charge >= 0.3 is 19.8 Å². The fraction of sp³-hybridized carbons (Fsp3) is 0.608. The van der Waals surface area contributed by atoms with E-state index >= 15 is 0 Å². The number of aliphatic hydroxyl groups is 6. The van der Waals surface area contributed by atoms with Crippen molar-refractivity contribution >= 4 is 19.8 Å². The van der Waals surface area contributed by atoms with Crippen LogP contribution in [0.1, 0.15) is 136 Å². The van der Waals surface area contributed by atoms with E-state index in [1.807, 2.05) is 12.2 Å². The van der Waals surface area contributed by atoms with Crippen LogP contribution in [-0.4, -0.2) is 110 Å². The summed E-state index contributed by atoms with van der Waals surface area (Å²) in [7, 11) is -5.19. The Morgan fingerprint density at radius 2 is 1.05 bits per heavy atom. The first kappa shape index (κ1) is 60.5. The summed E-state index contributed by atoms with van der Waals surface area (Å²) in [4.78, 5) is 35.8. The molecule has 1 saturated carbocycles. The largest absolute Gasteiger partial charge is 0.472 e. The molecule has 0 spiro atoms. The van der Waals surface area contributed by atoms with Crippen molar-refractivity contribution in [3.05, 3.63) is 109 Å². The summed E-state index contributed by atoms with van der Waals surface area (Å²) in [6.45, 7) is 2.95. The van der Waals surface area contributed by atoms with Crippen LogP contribution in [0, 0.1) is 0 Å². The zero-order valence-corrected chi connectivity index (χ0v) is 40.2. The predicted octanol–water partition coefficient (Wildman–Crippen LogP) is 8.58. The third-order valence-corrected chi connectivity index (χ3v) is 11.2. The van der Waals surface area contributed by atoms with Gasteiger partial charge in [-0.1, -0.05) is 142 Å². The molecule has 0 bridgehead atoms. The lowest BCUT2D eigenvalue weighted by molar-refractivity contribution is -0.220. The van der Waals surface area contributed by atoms with Crippen molar-refractivity contribution in [2.24, 2.45) is 0 Å².